The maximum absolute atomic E-state index is 14.3. The Kier molecular flexibility index (Phi) is 14.7. The third kappa shape index (κ3) is 8.97. The second-order valence-corrected chi connectivity index (χ2v) is 30.3. The molecule has 0 aromatic heterocycles. The first-order valence-corrected chi connectivity index (χ1v) is 26.3. The van der Waals surface area contributed by atoms with Crippen LogP contribution in [0.1, 0.15) is 85.5 Å². The summed E-state index contributed by atoms with van der Waals surface area (Å²) >= 11 is -2.44. The van der Waals surface area contributed by atoms with Gasteiger partial charge in [-0.25, -0.2) is 0 Å². The molecule has 2 rings (SSSR count). The fourth-order valence-electron chi connectivity index (χ4n) is 5.69. The molecular formula is C34H50O4S2Sn. The molecule has 0 aliphatic carbocycles. The van der Waals surface area contributed by atoms with Crippen molar-refractivity contribution in [1.29, 1.82) is 0 Å². The van der Waals surface area contributed by atoms with Gasteiger partial charge in [0.25, 0.3) is 0 Å². The molecule has 41 heavy (non-hydrogen) atoms. The number of rotatable bonds is 19. The summed E-state index contributed by atoms with van der Waals surface area (Å²) in [6.45, 7) is 8.83. The number of allylic oxidation sites excluding steroid dienone is 2. The summed E-state index contributed by atoms with van der Waals surface area (Å²) in [4.78, 5) is -0.0457. The monoisotopic (exact) mass is 706 g/mol. The Balaban J connectivity index is 2.55. The number of hydrogen-bond donors (Lipinski definition) is 0. The van der Waals surface area contributed by atoms with E-state index in [1.807, 2.05) is 6.92 Å². The van der Waals surface area contributed by atoms with Crippen molar-refractivity contribution in [2.24, 2.45) is 0 Å². The van der Waals surface area contributed by atoms with Gasteiger partial charge >= 0.3 is 257 Å². The van der Waals surface area contributed by atoms with E-state index < -0.39 is 48.6 Å². The summed E-state index contributed by atoms with van der Waals surface area (Å²) in [7, 11) is -8.70. The van der Waals surface area contributed by atoms with Gasteiger partial charge in [-0.2, -0.15) is 0 Å². The van der Waals surface area contributed by atoms with E-state index in [-0.39, 0.29) is 16.2 Å². The zero-order chi connectivity index (χ0) is 30.4. The Bertz CT molecular complexity index is 1250. The van der Waals surface area contributed by atoms with Gasteiger partial charge < -0.3 is 0 Å². The Morgan fingerprint density at radius 2 is 1.20 bits per heavy atom. The van der Waals surface area contributed by atoms with Crippen LogP contribution in [0.4, 0.5) is 0 Å². The molecular weight excluding hydrogens is 655 g/mol. The van der Waals surface area contributed by atoms with Crippen molar-refractivity contribution in [3.05, 3.63) is 72.3 Å². The van der Waals surface area contributed by atoms with Crippen molar-refractivity contribution in [2.75, 3.05) is 0 Å². The second kappa shape index (κ2) is 16.9. The average molecular weight is 706 g/mol. The van der Waals surface area contributed by atoms with Gasteiger partial charge in [-0.3, -0.25) is 0 Å². The summed E-state index contributed by atoms with van der Waals surface area (Å²) in [5, 5.41) is 0. The molecule has 0 spiro atoms. The molecule has 0 aliphatic heterocycles. The molecule has 0 bridgehead atoms. The van der Waals surface area contributed by atoms with E-state index in [4.69, 9.17) is 6.42 Å². The Labute approximate surface area is 255 Å². The normalized spacial score (nSPS) is 13.2. The minimum absolute atomic E-state index is 0.0229. The van der Waals surface area contributed by atoms with E-state index in [1.54, 1.807) is 36.4 Å². The predicted octanol–water partition coefficient (Wildman–Crippen LogP) is 9.23. The molecule has 0 unspecified atom stereocenters. The first kappa shape index (κ1) is 35.6. The van der Waals surface area contributed by atoms with Crippen molar-refractivity contribution >= 4 is 38.1 Å². The number of benzene rings is 2. The fraction of sp³-hybridized carbons (Fsp3) is 0.529. The van der Waals surface area contributed by atoms with Crippen molar-refractivity contribution < 1.29 is 16.8 Å². The molecule has 0 radical (unpaired) electrons. The molecule has 7 heteroatoms. The minimum atomic E-state index is -4.35. The van der Waals surface area contributed by atoms with Crippen LogP contribution in [-0.2, 0) is 19.7 Å². The topological polar surface area (TPSA) is 68.3 Å². The predicted molar refractivity (Wildman–Crippen MR) is 176 cm³/mol. The first-order valence-electron chi connectivity index (χ1n) is 15.2. The molecule has 226 valence electrons. The standard InChI is InChI=1S/C22H23O4S2.3C4H9.Sn/c1-4-17-22(18-16-19(3)5-2,27(23,24)20-12-8-6-9-13-20)28(25,26)21-14-10-7-11-15-21;3*1-3-4-2;/h1,5-15H,2,16-18H2,3H3;3*1,3-4H2,2H3;/b19-5+;;;;. The van der Waals surface area contributed by atoms with Crippen LogP contribution >= 0.6 is 0 Å². The van der Waals surface area contributed by atoms with Gasteiger partial charge in [-0.05, 0) is 0 Å². The quantitative estimate of drug-likeness (QED) is 0.0831. The van der Waals surface area contributed by atoms with Crippen molar-refractivity contribution in [1.82, 2.24) is 0 Å². The van der Waals surface area contributed by atoms with Gasteiger partial charge in [0.05, 0.1) is 0 Å². The number of hydrogen-bond acceptors (Lipinski definition) is 4. The third-order valence-corrected chi connectivity index (χ3v) is 29.3. The van der Waals surface area contributed by atoms with Gasteiger partial charge in [-0.1, -0.05) is 0 Å². The Morgan fingerprint density at radius 1 is 0.780 bits per heavy atom. The van der Waals surface area contributed by atoms with Crippen LogP contribution in [0.25, 0.3) is 0 Å². The fourth-order valence-corrected chi connectivity index (χ4v) is 26.2. The maximum atomic E-state index is 14.3. The van der Waals surface area contributed by atoms with Crippen LogP contribution in [0.2, 0.25) is 17.7 Å². The molecule has 0 fully saturated rings. The zero-order valence-electron chi connectivity index (χ0n) is 25.6. The molecule has 0 amide bonds. The third-order valence-electron chi connectivity index (χ3n) is 8.42. The Hall–Kier alpha value is -1.56. The summed E-state index contributed by atoms with van der Waals surface area (Å²) in [5.74, 6) is 2.44. The van der Waals surface area contributed by atoms with Crippen LogP contribution in [0, 0.1) is 12.3 Å². The van der Waals surface area contributed by atoms with E-state index in [9.17, 15) is 16.8 Å². The molecule has 0 saturated carbocycles. The first-order chi connectivity index (χ1) is 19.6. The van der Waals surface area contributed by atoms with Gasteiger partial charge in [0.1, 0.15) is 0 Å². The molecule has 0 saturated heterocycles. The molecule has 2 aromatic rings. The van der Waals surface area contributed by atoms with Crippen molar-refractivity contribution in [3.8, 4) is 12.3 Å². The Morgan fingerprint density at radius 3 is 1.56 bits per heavy atom. The van der Waals surface area contributed by atoms with Gasteiger partial charge in [-0.15, -0.1) is 0 Å². The van der Waals surface area contributed by atoms with Gasteiger partial charge in [0.15, 0.2) is 0 Å². The van der Waals surface area contributed by atoms with Crippen molar-refractivity contribution in [2.45, 2.75) is 117 Å². The number of unbranched alkanes of at least 4 members (excludes halogenated alkanes) is 3. The van der Waals surface area contributed by atoms with Gasteiger partial charge in [0, 0.05) is 0 Å². The molecule has 0 heterocycles. The van der Waals surface area contributed by atoms with E-state index in [0.29, 0.717) is 6.42 Å². The SMILES string of the molecule is C#CCC(CC/C(C)=C/[CH2][Sn]([CH2]CCC)([CH2]CCC)[CH2]CCC)(S(=O)(=O)c1ccccc1)S(=O)(=O)c1ccccc1. The average Bonchev–Trinajstić information content (AvgIpc) is 2.99. The molecule has 0 N–H and O–H groups in total. The zero-order valence-corrected chi connectivity index (χ0v) is 30.1. The van der Waals surface area contributed by atoms with E-state index >= 15 is 0 Å². The summed E-state index contributed by atoms with van der Waals surface area (Å²) in [6.07, 6.45) is 15.4. The van der Waals surface area contributed by atoms with Crippen molar-refractivity contribution in [3.63, 3.8) is 0 Å². The molecule has 0 aliphatic rings. The molecule has 2 aromatic carbocycles. The van der Waals surface area contributed by atoms with Crippen LogP contribution in [0.5, 0.6) is 0 Å². The van der Waals surface area contributed by atoms with E-state index in [0.717, 1.165) is 10.0 Å². The van der Waals surface area contributed by atoms with E-state index in [1.165, 1.54) is 76.1 Å². The number of sulfone groups is 2. The van der Waals surface area contributed by atoms with Crippen LogP contribution in [-0.4, -0.2) is 39.3 Å². The van der Waals surface area contributed by atoms with Gasteiger partial charge in [0.2, 0.25) is 0 Å². The molecule has 0 atom stereocenters. The number of terminal acetylenes is 1. The van der Waals surface area contributed by atoms with Crippen LogP contribution < -0.4 is 0 Å². The molecule has 4 nitrogen and oxygen atoms in total. The summed E-state index contributed by atoms with van der Waals surface area (Å²) in [5.41, 5.74) is 1.06. The second-order valence-electron chi connectivity index (χ2n) is 11.5. The van der Waals surface area contributed by atoms with Crippen LogP contribution in [0.3, 0.4) is 0 Å². The van der Waals surface area contributed by atoms with E-state index in [2.05, 4.69) is 32.8 Å². The van der Waals surface area contributed by atoms with Crippen LogP contribution in [0.15, 0.2) is 82.1 Å². The summed E-state index contributed by atoms with van der Waals surface area (Å²) < 4.78 is 60.2. The summed E-state index contributed by atoms with van der Waals surface area (Å²) in [6, 6.07) is 15.7.